The number of cyclic esters (lactones) is 1. The molecule has 0 saturated carbocycles. The zero-order valence-electron chi connectivity index (χ0n) is 12.1. The molecule has 0 bridgehead atoms. The summed E-state index contributed by atoms with van der Waals surface area (Å²) in [4.78, 5) is 34.2. The first-order chi connectivity index (χ1) is 11.5. The number of carbonyl (C=O) groups is 2. The number of nitro benzene ring substituents is 1. The number of non-ortho nitro benzene ring substituents is 1. The summed E-state index contributed by atoms with van der Waals surface area (Å²) < 4.78 is 10.2. The molecule has 0 N–H and O–H groups in total. The molecule has 0 aromatic heterocycles. The smallest absolute Gasteiger partial charge is 0.353 e. The molecule has 0 amide bonds. The van der Waals surface area contributed by atoms with E-state index in [1.165, 1.54) is 6.07 Å². The molecule has 0 saturated heterocycles. The quantitative estimate of drug-likeness (QED) is 0.366. The summed E-state index contributed by atoms with van der Waals surface area (Å²) in [6.07, 6.45) is -0.913. The van der Waals surface area contributed by atoms with Gasteiger partial charge in [0.1, 0.15) is 5.75 Å². The number of hydrogen-bond donors (Lipinski definition) is 0. The van der Waals surface area contributed by atoms with E-state index in [-0.39, 0.29) is 22.9 Å². The molecule has 0 spiro atoms. The van der Waals surface area contributed by atoms with Crippen molar-refractivity contribution in [3.05, 3.63) is 68.7 Å². The molecule has 0 radical (unpaired) electrons. The predicted octanol–water partition coefficient (Wildman–Crippen LogP) is 2.94. The van der Waals surface area contributed by atoms with Crippen molar-refractivity contribution in [2.24, 2.45) is 0 Å². The lowest BCUT2D eigenvalue weighted by molar-refractivity contribution is -0.384. The summed E-state index contributed by atoms with van der Waals surface area (Å²) in [5.41, 5.74) is 0.873. The molecule has 8 heteroatoms. The van der Waals surface area contributed by atoms with Crippen molar-refractivity contribution in [1.29, 1.82) is 0 Å². The number of ether oxygens (including phenoxy) is 2. The van der Waals surface area contributed by atoms with Crippen LogP contribution in [0.4, 0.5) is 5.69 Å². The van der Waals surface area contributed by atoms with Crippen molar-refractivity contribution >= 4 is 29.2 Å². The highest BCUT2D eigenvalue weighted by Crippen LogP contribution is 2.30. The number of halogens is 1. The van der Waals surface area contributed by atoms with Crippen LogP contribution in [0.3, 0.4) is 0 Å². The SMILES string of the molecule is O=C1OC(C(=O)Oc2ccc([N+](=O)[O-])cc2Cl)Cc2ccccc21. The van der Waals surface area contributed by atoms with Gasteiger partial charge in [-0.15, -0.1) is 0 Å². The summed E-state index contributed by atoms with van der Waals surface area (Å²) in [6, 6.07) is 10.3. The lowest BCUT2D eigenvalue weighted by atomic mass is 9.99. The summed E-state index contributed by atoms with van der Waals surface area (Å²) in [7, 11) is 0. The van der Waals surface area contributed by atoms with Gasteiger partial charge in [-0.25, -0.2) is 9.59 Å². The zero-order chi connectivity index (χ0) is 17.3. The van der Waals surface area contributed by atoms with Crippen LogP contribution in [0, 0.1) is 10.1 Å². The number of rotatable bonds is 3. The van der Waals surface area contributed by atoms with Crippen molar-refractivity contribution in [2.75, 3.05) is 0 Å². The number of carbonyl (C=O) groups excluding carboxylic acids is 2. The lowest BCUT2D eigenvalue weighted by Crippen LogP contribution is -2.37. The van der Waals surface area contributed by atoms with E-state index < -0.39 is 23.0 Å². The highest BCUT2D eigenvalue weighted by atomic mass is 35.5. The Morgan fingerprint density at radius 3 is 2.75 bits per heavy atom. The second-order valence-electron chi connectivity index (χ2n) is 5.05. The molecular weight excluding hydrogens is 338 g/mol. The maximum Gasteiger partial charge on any atom is 0.353 e. The molecule has 1 aliphatic rings. The Kier molecular flexibility index (Phi) is 4.18. The van der Waals surface area contributed by atoms with Gasteiger partial charge in [0, 0.05) is 18.6 Å². The van der Waals surface area contributed by atoms with E-state index in [0.717, 1.165) is 12.1 Å². The number of esters is 2. The van der Waals surface area contributed by atoms with Gasteiger partial charge in [0.25, 0.3) is 5.69 Å². The van der Waals surface area contributed by atoms with E-state index in [2.05, 4.69) is 0 Å². The monoisotopic (exact) mass is 347 g/mol. The van der Waals surface area contributed by atoms with Crippen LogP contribution in [0.2, 0.25) is 5.02 Å². The summed E-state index contributed by atoms with van der Waals surface area (Å²) in [6.45, 7) is 0. The molecule has 1 atom stereocenters. The average Bonchev–Trinajstić information content (AvgIpc) is 2.56. The summed E-state index contributed by atoms with van der Waals surface area (Å²) in [5.74, 6) is -1.44. The van der Waals surface area contributed by atoms with Gasteiger partial charge in [-0.05, 0) is 17.7 Å². The topological polar surface area (TPSA) is 95.7 Å². The average molecular weight is 348 g/mol. The molecule has 122 valence electrons. The van der Waals surface area contributed by atoms with Crippen LogP contribution < -0.4 is 4.74 Å². The standard InChI is InChI=1S/C16H10ClNO6/c17-12-8-10(18(21)22)5-6-13(12)23-16(20)14-7-9-3-1-2-4-11(9)15(19)24-14/h1-6,8,14H,7H2. The Hall–Kier alpha value is -2.93. The molecule has 24 heavy (non-hydrogen) atoms. The molecule has 1 unspecified atom stereocenters. The summed E-state index contributed by atoms with van der Waals surface area (Å²) in [5, 5.41) is 10.6. The Labute approximate surface area is 140 Å². The van der Waals surface area contributed by atoms with Crippen LogP contribution in [0.15, 0.2) is 42.5 Å². The van der Waals surface area contributed by atoms with Crippen LogP contribution in [0.5, 0.6) is 5.75 Å². The Bertz CT molecular complexity index is 850. The van der Waals surface area contributed by atoms with E-state index in [0.29, 0.717) is 11.1 Å². The number of nitro groups is 1. The van der Waals surface area contributed by atoms with Crippen LogP contribution in [-0.2, 0) is 16.0 Å². The third kappa shape index (κ3) is 3.07. The van der Waals surface area contributed by atoms with Crippen molar-refractivity contribution in [3.8, 4) is 5.75 Å². The Morgan fingerprint density at radius 1 is 1.29 bits per heavy atom. The first-order valence-corrected chi connectivity index (χ1v) is 7.28. The van der Waals surface area contributed by atoms with Crippen molar-refractivity contribution < 1.29 is 24.0 Å². The lowest BCUT2D eigenvalue weighted by Gasteiger charge is -2.23. The first kappa shape index (κ1) is 15.9. The van der Waals surface area contributed by atoms with Crippen LogP contribution in [0.1, 0.15) is 15.9 Å². The minimum atomic E-state index is -1.10. The second-order valence-corrected chi connectivity index (χ2v) is 5.46. The Balaban J connectivity index is 1.77. The van der Waals surface area contributed by atoms with Crippen LogP contribution in [0.25, 0.3) is 0 Å². The molecule has 1 heterocycles. The second kappa shape index (κ2) is 6.29. The normalized spacial score (nSPS) is 16.0. The third-order valence-corrected chi connectivity index (χ3v) is 3.79. The van der Waals surface area contributed by atoms with E-state index in [9.17, 15) is 19.7 Å². The largest absolute Gasteiger partial charge is 0.446 e. The maximum absolute atomic E-state index is 12.2. The highest BCUT2D eigenvalue weighted by Gasteiger charge is 2.32. The highest BCUT2D eigenvalue weighted by molar-refractivity contribution is 6.32. The van der Waals surface area contributed by atoms with Gasteiger partial charge in [0.2, 0.25) is 6.10 Å². The van der Waals surface area contributed by atoms with Crippen LogP contribution in [-0.4, -0.2) is 23.0 Å². The van der Waals surface area contributed by atoms with E-state index in [1.54, 1.807) is 24.3 Å². The van der Waals surface area contributed by atoms with Crippen molar-refractivity contribution in [2.45, 2.75) is 12.5 Å². The van der Waals surface area contributed by atoms with E-state index in [4.69, 9.17) is 21.1 Å². The van der Waals surface area contributed by atoms with Crippen molar-refractivity contribution in [1.82, 2.24) is 0 Å². The Morgan fingerprint density at radius 2 is 2.04 bits per heavy atom. The van der Waals surface area contributed by atoms with Gasteiger partial charge in [-0.2, -0.15) is 0 Å². The molecule has 0 aliphatic carbocycles. The maximum atomic E-state index is 12.2. The molecule has 0 fully saturated rings. The molecule has 1 aliphatic heterocycles. The molecule has 7 nitrogen and oxygen atoms in total. The fourth-order valence-corrected chi connectivity index (χ4v) is 2.54. The van der Waals surface area contributed by atoms with Gasteiger partial charge < -0.3 is 9.47 Å². The van der Waals surface area contributed by atoms with Gasteiger partial charge >= 0.3 is 11.9 Å². The first-order valence-electron chi connectivity index (χ1n) is 6.90. The molecule has 2 aromatic carbocycles. The van der Waals surface area contributed by atoms with Gasteiger partial charge in [-0.3, -0.25) is 10.1 Å². The van der Waals surface area contributed by atoms with Gasteiger partial charge in [0.05, 0.1) is 15.5 Å². The van der Waals surface area contributed by atoms with E-state index in [1.807, 2.05) is 0 Å². The molecule has 2 aromatic rings. The van der Waals surface area contributed by atoms with Crippen LogP contribution >= 0.6 is 11.6 Å². The summed E-state index contributed by atoms with van der Waals surface area (Å²) >= 11 is 5.88. The minimum Gasteiger partial charge on any atom is -0.446 e. The number of fused-ring (bicyclic) bond motifs is 1. The van der Waals surface area contributed by atoms with E-state index >= 15 is 0 Å². The van der Waals surface area contributed by atoms with Gasteiger partial charge in [-0.1, -0.05) is 29.8 Å². The number of hydrogen-bond acceptors (Lipinski definition) is 6. The number of benzene rings is 2. The van der Waals surface area contributed by atoms with Crippen molar-refractivity contribution in [3.63, 3.8) is 0 Å². The fourth-order valence-electron chi connectivity index (χ4n) is 2.32. The zero-order valence-corrected chi connectivity index (χ0v) is 12.9. The molecule has 3 rings (SSSR count). The predicted molar refractivity (Wildman–Crippen MR) is 83.1 cm³/mol. The minimum absolute atomic E-state index is 0.0397. The van der Waals surface area contributed by atoms with Gasteiger partial charge in [0.15, 0.2) is 0 Å². The molecular formula is C16H10ClNO6. The number of nitrogens with zero attached hydrogens (tertiary/aromatic N) is 1. The fraction of sp³-hybridized carbons (Fsp3) is 0.125. The third-order valence-electron chi connectivity index (χ3n) is 3.49.